The van der Waals surface area contributed by atoms with Crippen LogP contribution in [0.4, 0.5) is 0 Å². The molecule has 3 rings (SSSR count). The average molecular weight is 343 g/mol. The summed E-state index contributed by atoms with van der Waals surface area (Å²) in [5.41, 5.74) is 3.00. The Morgan fingerprint density at radius 2 is 2.10 bits per heavy atom. The van der Waals surface area contributed by atoms with Gasteiger partial charge in [0, 0.05) is 30.8 Å². The topological polar surface area (TPSA) is 35.6 Å². The lowest BCUT2D eigenvalue weighted by Gasteiger charge is -2.08. The van der Waals surface area contributed by atoms with Crippen LogP contribution < -0.4 is 0 Å². The summed E-state index contributed by atoms with van der Waals surface area (Å²) in [7, 11) is 1.96. The molecule has 0 radical (unpaired) electrons. The minimum atomic E-state index is 0.570. The van der Waals surface area contributed by atoms with Crippen molar-refractivity contribution in [2.75, 3.05) is 5.88 Å². The quantitative estimate of drug-likeness (QED) is 0.660. The summed E-state index contributed by atoms with van der Waals surface area (Å²) >= 11 is 13.5. The molecule has 0 atom stereocenters. The van der Waals surface area contributed by atoms with Gasteiger partial charge in [0.15, 0.2) is 5.65 Å². The number of halogens is 2. The number of nitrogens with zero attached hydrogens (tertiary/aromatic N) is 4. The van der Waals surface area contributed by atoms with Gasteiger partial charge in [-0.1, -0.05) is 11.6 Å². The summed E-state index contributed by atoms with van der Waals surface area (Å²) in [6.07, 6.45) is 1.70. The van der Waals surface area contributed by atoms with Gasteiger partial charge in [0.1, 0.15) is 11.3 Å². The molecule has 0 saturated carbocycles. The van der Waals surface area contributed by atoms with Crippen LogP contribution in [0.3, 0.4) is 0 Å². The minimum Gasteiger partial charge on any atom is -0.313 e. The van der Waals surface area contributed by atoms with Crippen molar-refractivity contribution in [3.8, 4) is 0 Å². The molecule has 4 nitrogen and oxygen atoms in total. The van der Waals surface area contributed by atoms with Gasteiger partial charge in [0.05, 0.1) is 10.0 Å². The van der Waals surface area contributed by atoms with Crippen LogP contribution >= 0.6 is 34.5 Å². The molecule has 0 bridgehead atoms. The molecule has 3 heterocycles. The Morgan fingerprint density at radius 3 is 2.76 bits per heavy atom. The molecule has 0 aliphatic rings. The fourth-order valence-corrected chi connectivity index (χ4v) is 3.84. The number of thiophene rings is 1. The lowest BCUT2D eigenvalue weighted by molar-refractivity contribution is 0.645. The summed E-state index contributed by atoms with van der Waals surface area (Å²) in [6, 6.07) is 4.02. The van der Waals surface area contributed by atoms with Gasteiger partial charge in [-0.25, -0.2) is 4.98 Å². The molecule has 3 aromatic rings. The molecule has 7 heteroatoms. The number of imidazole rings is 1. The molecule has 21 heavy (non-hydrogen) atoms. The standard InChI is InChI=1S/C14H16Cl2N4S/c1-9-13-14(19(2)18-9)20(12(17-13)5-7-15)8-6-10-3-4-11(16)21-10/h3-4H,5-8H2,1-2H3. The Bertz CT molecular complexity index is 771. The lowest BCUT2D eigenvalue weighted by Crippen LogP contribution is -2.09. The predicted octanol–water partition coefficient (Wildman–Crippen LogP) is 3.82. The van der Waals surface area contributed by atoms with Crippen molar-refractivity contribution in [3.05, 3.63) is 32.9 Å². The molecule has 0 amide bonds. The Labute approximate surface area is 137 Å². The summed E-state index contributed by atoms with van der Waals surface area (Å²) in [5, 5.41) is 4.45. The molecular weight excluding hydrogens is 327 g/mol. The third-order valence-corrected chi connectivity index (χ3v) is 4.98. The van der Waals surface area contributed by atoms with E-state index in [-0.39, 0.29) is 0 Å². The fraction of sp³-hybridized carbons (Fsp3) is 0.429. The average Bonchev–Trinajstić information content (AvgIpc) is 3.07. The maximum atomic E-state index is 5.99. The van der Waals surface area contributed by atoms with Gasteiger partial charge in [0.25, 0.3) is 0 Å². The Hall–Kier alpha value is -1.04. The molecule has 0 fully saturated rings. The normalized spacial score (nSPS) is 11.6. The monoisotopic (exact) mass is 342 g/mol. The third kappa shape index (κ3) is 2.82. The highest BCUT2D eigenvalue weighted by atomic mass is 35.5. The van der Waals surface area contributed by atoms with Crippen molar-refractivity contribution < 1.29 is 0 Å². The van der Waals surface area contributed by atoms with E-state index in [4.69, 9.17) is 28.2 Å². The second kappa shape index (κ2) is 5.99. The van der Waals surface area contributed by atoms with Gasteiger partial charge < -0.3 is 4.57 Å². The molecular formula is C14H16Cl2N4S. The van der Waals surface area contributed by atoms with Crippen LogP contribution in [0.25, 0.3) is 11.2 Å². The first kappa shape index (κ1) is 14.9. The molecule has 0 aliphatic carbocycles. The summed E-state index contributed by atoms with van der Waals surface area (Å²) in [5.74, 6) is 1.60. The van der Waals surface area contributed by atoms with Crippen molar-refractivity contribution in [2.24, 2.45) is 7.05 Å². The van der Waals surface area contributed by atoms with E-state index in [9.17, 15) is 0 Å². The number of aryl methyl sites for hydroxylation is 5. The van der Waals surface area contributed by atoms with Crippen molar-refractivity contribution in [1.82, 2.24) is 19.3 Å². The van der Waals surface area contributed by atoms with E-state index in [1.165, 1.54) is 4.88 Å². The van der Waals surface area contributed by atoms with Crippen LogP contribution in [-0.2, 0) is 26.4 Å². The van der Waals surface area contributed by atoms with Crippen molar-refractivity contribution >= 4 is 45.7 Å². The van der Waals surface area contributed by atoms with E-state index < -0.39 is 0 Å². The van der Waals surface area contributed by atoms with E-state index >= 15 is 0 Å². The van der Waals surface area contributed by atoms with Gasteiger partial charge in [-0.05, 0) is 25.5 Å². The zero-order chi connectivity index (χ0) is 15.0. The predicted molar refractivity (Wildman–Crippen MR) is 88.7 cm³/mol. The van der Waals surface area contributed by atoms with E-state index in [1.54, 1.807) is 11.3 Å². The van der Waals surface area contributed by atoms with Crippen molar-refractivity contribution in [3.63, 3.8) is 0 Å². The number of alkyl halides is 1. The first-order valence-electron chi connectivity index (χ1n) is 6.79. The van der Waals surface area contributed by atoms with E-state index in [1.807, 2.05) is 24.7 Å². The summed E-state index contributed by atoms with van der Waals surface area (Å²) in [4.78, 5) is 5.99. The highest BCUT2D eigenvalue weighted by Gasteiger charge is 2.17. The first-order chi connectivity index (χ1) is 10.1. The van der Waals surface area contributed by atoms with Crippen molar-refractivity contribution in [2.45, 2.75) is 26.3 Å². The van der Waals surface area contributed by atoms with Crippen LogP contribution in [0.5, 0.6) is 0 Å². The maximum absolute atomic E-state index is 5.99. The second-order valence-electron chi connectivity index (χ2n) is 4.96. The SMILES string of the molecule is Cc1nn(C)c2c1nc(CCCl)n2CCc1ccc(Cl)s1. The summed E-state index contributed by atoms with van der Waals surface area (Å²) in [6.45, 7) is 2.85. The molecule has 0 N–H and O–H groups in total. The molecule has 0 unspecified atom stereocenters. The number of hydrogen-bond acceptors (Lipinski definition) is 3. The summed E-state index contributed by atoms with van der Waals surface area (Å²) < 4.78 is 4.96. The van der Waals surface area contributed by atoms with Gasteiger partial charge in [-0.3, -0.25) is 4.68 Å². The number of rotatable bonds is 5. The van der Waals surface area contributed by atoms with E-state index in [2.05, 4.69) is 15.7 Å². The number of hydrogen-bond donors (Lipinski definition) is 0. The maximum Gasteiger partial charge on any atom is 0.158 e. The van der Waals surface area contributed by atoms with Crippen LogP contribution in [0.1, 0.15) is 16.4 Å². The smallest absolute Gasteiger partial charge is 0.158 e. The largest absolute Gasteiger partial charge is 0.313 e. The molecule has 0 aliphatic heterocycles. The van der Waals surface area contributed by atoms with E-state index in [0.717, 1.165) is 46.4 Å². The second-order valence-corrected chi connectivity index (χ2v) is 7.13. The molecule has 112 valence electrons. The van der Waals surface area contributed by atoms with Gasteiger partial charge in [0.2, 0.25) is 0 Å². The fourth-order valence-electron chi connectivity index (χ4n) is 2.60. The van der Waals surface area contributed by atoms with Crippen LogP contribution in [0.2, 0.25) is 4.34 Å². The lowest BCUT2D eigenvalue weighted by atomic mass is 10.3. The Balaban J connectivity index is 1.96. The highest BCUT2D eigenvalue weighted by Crippen LogP contribution is 2.24. The highest BCUT2D eigenvalue weighted by molar-refractivity contribution is 7.16. The third-order valence-electron chi connectivity index (χ3n) is 3.50. The van der Waals surface area contributed by atoms with Crippen LogP contribution in [-0.4, -0.2) is 25.2 Å². The Morgan fingerprint density at radius 1 is 1.29 bits per heavy atom. The molecule has 0 spiro atoms. The zero-order valence-electron chi connectivity index (χ0n) is 11.9. The van der Waals surface area contributed by atoms with Gasteiger partial charge in [-0.15, -0.1) is 22.9 Å². The van der Waals surface area contributed by atoms with Gasteiger partial charge >= 0.3 is 0 Å². The zero-order valence-corrected chi connectivity index (χ0v) is 14.3. The van der Waals surface area contributed by atoms with Crippen molar-refractivity contribution in [1.29, 1.82) is 0 Å². The van der Waals surface area contributed by atoms with Crippen LogP contribution in [0, 0.1) is 6.92 Å². The minimum absolute atomic E-state index is 0.570. The van der Waals surface area contributed by atoms with Gasteiger partial charge in [-0.2, -0.15) is 5.10 Å². The molecule has 0 saturated heterocycles. The van der Waals surface area contributed by atoms with Crippen LogP contribution in [0.15, 0.2) is 12.1 Å². The molecule has 0 aromatic carbocycles. The first-order valence-corrected chi connectivity index (χ1v) is 8.52. The molecule has 3 aromatic heterocycles. The Kier molecular flexibility index (Phi) is 4.24. The van der Waals surface area contributed by atoms with E-state index in [0.29, 0.717) is 5.88 Å². The number of aromatic nitrogens is 4. The number of fused-ring (bicyclic) bond motifs is 1.